The molecule has 1 nitrogen and oxygen atoms in total. The zero-order valence-corrected chi connectivity index (χ0v) is 11.4. The van der Waals surface area contributed by atoms with Crippen molar-refractivity contribution in [1.29, 1.82) is 0 Å². The Hall–Kier alpha value is -0.820. The summed E-state index contributed by atoms with van der Waals surface area (Å²) in [6.45, 7) is 6.30. The van der Waals surface area contributed by atoms with Gasteiger partial charge in [-0.25, -0.2) is 0 Å². The Kier molecular flexibility index (Phi) is 5.70. The predicted molar refractivity (Wildman–Crippen MR) is 74.1 cm³/mol. The molecule has 1 unspecified atom stereocenters. The molecule has 1 N–H and O–H groups in total. The van der Waals surface area contributed by atoms with Crippen molar-refractivity contribution in [2.45, 2.75) is 59.0 Å². The Morgan fingerprint density at radius 3 is 2.24 bits per heavy atom. The summed E-state index contributed by atoms with van der Waals surface area (Å²) in [5.74, 6) is 0. The summed E-state index contributed by atoms with van der Waals surface area (Å²) in [5, 5.41) is 9.90. The van der Waals surface area contributed by atoms with Gasteiger partial charge in [0.1, 0.15) is 0 Å². The van der Waals surface area contributed by atoms with E-state index in [1.165, 1.54) is 18.4 Å². The SMILES string of the molecule is CC(C)(C)C(O)CCCCCc1ccccc1. The standard InChI is InChI=1S/C16H26O/c1-16(2,3)15(17)13-9-5-8-12-14-10-6-4-7-11-14/h4,6-7,10-11,15,17H,5,8-9,12-13H2,1-3H3. The van der Waals surface area contributed by atoms with Gasteiger partial charge in [-0.3, -0.25) is 0 Å². The van der Waals surface area contributed by atoms with Gasteiger partial charge in [0.25, 0.3) is 0 Å². The molecule has 0 spiro atoms. The van der Waals surface area contributed by atoms with Crippen molar-refractivity contribution in [3.8, 4) is 0 Å². The van der Waals surface area contributed by atoms with Gasteiger partial charge < -0.3 is 5.11 Å². The summed E-state index contributed by atoms with van der Waals surface area (Å²) in [7, 11) is 0. The monoisotopic (exact) mass is 234 g/mol. The Morgan fingerprint density at radius 2 is 1.65 bits per heavy atom. The Balaban J connectivity index is 2.09. The van der Waals surface area contributed by atoms with Gasteiger partial charge in [-0.05, 0) is 30.2 Å². The molecular weight excluding hydrogens is 208 g/mol. The number of rotatable bonds is 6. The van der Waals surface area contributed by atoms with E-state index in [4.69, 9.17) is 0 Å². The summed E-state index contributed by atoms with van der Waals surface area (Å²) < 4.78 is 0. The van der Waals surface area contributed by atoms with Gasteiger partial charge in [0.05, 0.1) is 6.10 Å². The van der Waals surface area contributed by atoms with Gasteiger partial charge in [-0.2, -0.15) is 0 Å². The smallest absolute Gasteiger partial charge is 0.0588 e. The normalized spacial score (nSPS) is 13.6. The minimum absolute atomic E-state index is 0.0272. The summed E-state index contributed by atoms with van der Waals surface area (Å²) in [5.41, 5.74) is 1.45. The molecule has 0 bridgehead atoms. The molecule has 0 amide bonds. The molecular formula is C16H26O. The second-order valence-electron chi connectivity index (χ2n) is 5.97. The number of unbranched alkanes of at least 4 members (excludes halogenated alkanes) is 2. The van der Waals surface area contributed by atoms with Crippen LogP contribution < -0.4 is 0 Å². The second-order valence-corrected chi connectivity index (χ2v) is 5.97. The van der Waals surface area contributed by atoms with Crippen LogP contribution in [0, 0.1) is 5.41 Å². The van der Waals surface area contributed by atoms with E-state index in [0.29, 0.717) is 0 Å². The molecule has 0 radical (unpaired) electrons. The van der Waals surface area contributed by atoms with Crippen LogP contribution in [0.1, 0.15) is 52.0 Å². The molecule has 0 saturated heterocycles. The summed E-state index contributed by atoms with van der Waals surface area (Å²) in [4.78, 5) is 0. The lowest BCUT2D eigenvalue weighted by molar-refractivity contribution is 0.0534. The first-order valence-electron chi connectivity index (χ1n) is 6.72. The fourth-order valence-electron chi connectivity index (χ4n) is 1.92. The van der Waals surface area contributed by atoms with Gasteiger partial charge in [-0.15, -0.1) is 0 Å². The van der Waals surface area contributed by atoms with E-state index in [0.717, 1.165) is 19.3 Å². The second kappa shape index (κ2) is 6.80. The molecule has 1 aromatic carbocycles. The molecule has 1 aromatic rings. The lowest BCUT2D eigenvalue weighted by Gasteiger charge is -2.25. The highest BCUT2D eigenvalue weighted by Crippen LogP contribution is 2.23. The fraction of sp³-hybridized carbons (Fsp3) is 0.625. The van der Waals surface area contributed by atoms with Crippen LogP contribution in [0.15, 0.2) is 30.3 Å². The van der Waals surface area contributed by atoms with Crippen LogP contribution in [0.3, 0.4) is 0 Å². The van der Waals surface area contributed by atoms with Gasteiger partial charge in [-0.1, -0.05) is 63.9 Å². The average Bonchev–Trinajstić information content (AvgIpc) is 2.28. The van der Waals surface area contributed by atoms with Crippen LogP contribution in [0.2, 0.25) is 0 Å². The Morgan fingerprint density at radius 1 is 1.00 bits per heavy atom. The predicted octanol–water partition coefficient (Wildman–Crippen LogP) is 4.20. The zero-order chi connectivity index (χ0) is 12.7. The maximum absolute atomic E-state index is 9.90. The zero-order valence-electron chi connectivity index (χ0n) is 11.4. The first-order chi connectivity index (χ1) is 8.00. The topological polar surface area (TPSA) is 20.2 Å². The van der Waals surface area contributed by atoms with Crippen LogP contribution in [0.25, 0.3) is 0 Å². The Labute approximate surface area is 106 Å². The minimum atomic E-state index is -0.167. The highest BCUT2D eigenvalue weighted by Gasteiger charge is 2.20. The molecule has 96 valence electrons. The van der Waals surface area contributed by atoms with E-state index >= 15 is 0 Å². The minimum Gasteiger partial charge on any atom is -0.393 e. The van der Waals surface area contributed by atoms with Crippen LogP contribution in [0.4, 0.5) is 0 Å². The molecule has 0 fully saturated rings. The Bertz CT molecular complexity index is 297. The lowest BCUT2D eigenvalue weighted by Crippen LogP contribution is -2.25. The third kappa shape index (κ3) is 5.88. The van der Waals surface area contributed by atoms with Crippen molar-refractivity contribution in [3.05, 3.63) is 35.9 Å². The molecule has 0 saturated carbocycles. The van der Waals surface area contributed by atoms with Crippen molar-refractivity contribution < 1.29 is 5.11 Å². The maximum Gasteiger partial charge on any atom is 0.0588 e. The molecule has 17 heavy (non-hydrogen) atoms. The van der Waals surface area contributed by atoms with Gasteiger partial charge in [0.15, 0.2) is 0 Å². The summed E-state index contributed by atoms with van der Waals surface area (Å²) in [6, 6.07) is 10.6. The van der Waals surface area contributed by atoms with Crippen molar-refractivity contribution in [1.82, 2.24) is 0 Å². The highest BCUT2D eigenvalue weighted by molar-refractivity contribution is 5.14. The number of aliphatic hydroxyl groups is 1. The van der Waals surface area contributed by atoms with Crippen LogP contribution >= 0.6 is 0 Å². The van der Waals surface area contributed by atoms with E-state index in [-0.39, 0.29) is 11.5 Å². The first kappa shape index (κ1) is 14.2. The number of benzene rings is 1. The third-order valence-electron chi connectivity index (χ3n) is 3.29. The van der Waals surface area contributed by atoms with Crippen molar-refractivity contribution >= 4 is 0 Å². The van der Waals surface area contributed by atoms with Crippen LogP contribution in [0.5, 0.6) is 0 Å². The molecule has 0 heterocycles. The first-order valence-corrected chi connectivity index (χ1v) is 6.72. The number of hydrogen-bond donors (Lipinski definition) is 1. The van der Waals surface area contributed by atoms with Crippen molar-refractivity contribution in [2.24, 2.45) is 5.41 Å². The van der Waals surface area contributed by atoms with E-state index < -0.39 is 0 Å². The number of aliphatic hydroxyl groups excluding tert-OH is 1. The fourth-order valence-corrected chi connectivity index (χ4v) is 1.92. The quantitative estimate of drug-likeness (QED) is 0.731. The third-order valence-corrected chi connectivity index (χ3v) is 3.29. The van der Waals surface area contributed by atoms with Crippen molar-refractivity contribution in [3.63, 3.8) is 0 Å². The van der Waals surface area contributed by atoms with E-state index in [9.17, 15) is 5.11 Å². The van der Waals surface area contributed by atoms with Crippen molar-refractivity contribution in [2.75, 3.05) is 0 Å². The summed E-state index contributed by atoms with van der Waals surface area (Å²) >= 11 is 0. The van der Waals surface area contributed by atoms with E-state index in [1.54, 1.807) is 0 Å². The van der Waals surface area contributed by atoms with Gasteiger partial charge in [0.2, 0.25) is 0 Å². The molecule has 1 heteroatoms. The van der Waals surface area contributed by atoms with E-state index in [2.05, 4.69) is 51.1 Å². The number of hydrogen-bond acceptors (Lipinski definition) is 1. The molecule has 1 atom stereocenters. The maximum atomic E-state index is 9.90. The average molecular weight is 234 g/mol. The summed E-state index contributed by atoms with van der Waals surface area (Å²) in [6.07, 6.45) is 5.48. The molecule has 0 aromatic heterocycles. The van der Waals surface area contributed by atoms with Crippen LogP contribution in [-0.4, -0.2) is 11.2 Å². The molecule has 0 aliphatic rings. The molecule has 1 rings (SSSR count). The molecule has 0 aliphatic heterocycles. The van der Waals surface area contributed by atoms with Crippen LogP contribution in [-0.2, 0) is 6.42 Å². The van der Waals surface area contributed by atoms with E-state index in [1.807, 2.05) is 0 Å². The highest BCUT2D eigenvalue weighted by atomic mass is 16.3. The van der Waals surface area contributed by atoms with Gasteiger partial charge in [0, 0.05) is 0 Å². The number of aryl methyl sites for hydroxylation is 1. The lowest BCUT2D eigenvalue weighted by atomic mass is 9.86. The van der Waals surface area contributed by atoms with Gasteiger partial charge >= 0.3 is 0 Å². The molecule has 0 aliphatic carbocycles. The largest absolute Gasteiger partial charge is 0.393 e.